The SMILES string of the molecule is CC#N.N#Cc1ccc(O)cc1. The van der Waals surface area contributed by atoms with Crippen LogP contribution in [0.2, 0.25) is 0 Å². The van der Waals surface area contributed by atoms with Crippen molar-refractivity contribution in [3.05, 3.63) is 29.8 Å². The van der Waals surface area contributed by atoms with Crippen LogP contribution in [0.1, 0.15) is 12.5 Å². The number of nitrogens with zero attached hydrogens (tertiary/aromatic N) is 2. The fourth-order valence-corrected chi connectivity index (χ4v) is 0.536. The zero-order chi connectivity index (χ0) is 9.40. The minimum atomic E-state index is 0.189. The third-order valence-corrected chi connectivity index (χ3v) is 0.996. The van der Waals surface area contributed by atoms with Crippen molar-refractivity contribution < 1.29 is 5.11 Å². The lowest BCUT2D eigenvalue weighted by molar-refractivity contribution is 0.475. The van der Waals surface area contributed by atoms with Gasteiger partial charge in [0.1, 0.15) is 5.75 Å². The number of phenolic OH excluding ortho intramolecular Hbond substituents is 1. The smallest absolute Gasteiger partial charge is 0.115 e. The van der Waals surface area contributed by atoms with Gasteiger partial charge in [-0.05, 0) is 24.3 Å². The van der Waals surface area contributed by atoms with Gasteiger partial charge in [-0.2, -0.15) is 10.5 Å². The molecule has 3 heteroatoms. The molecule has 3 nitrogen and oxygen atoms in total. The summed E-state index contributed by atoms with van der Waals surface area (Å²) in [5.74, 6) is 0.189. The molecule has 0 unspecified atom stereocenters. The van der Waals surface area contributed by atoms with Gasteiger partial charge >= 0.3 is 0 Å². The third-order valence-electron chi connectivity index (χ3n) is 0.996. The molecule has 1 N–H and O–H groups in total. The average Bonchev–Trinajstić information content (AvgIpc) is 2.07. The van der Waals surface area contributed by atoms with E-state index in [2.05, 4.69) is 0 Å². The van der Waals surface area contributed by atoms with Gasteiger partial charge in [0.05, 0.1) is 17.7 Å². The highest BCUT2D eigenvalue weighted by Gasteiger charge is 1.86. The summed E-state index contributed by atoms with van der Waals surface area (Å²) in [5.41, 5.74) is 0.563. The van der Waals surface area contributed by atoms with Crippen molar-refractivity contribution in [2.45, 2.75) is 6.92 Å². The van der Waals surface area contributed by atoms with Crippen LogP contribution in [0.15, 0.2) is 24.3 Å². The highest BCUT2D eigenvalue weighted by atomic mass is 16.3. The van der Waals surface area contributed by atoms with Crippen molar-refractivity contribution in [3.8, 4) is 17.9 Å². The Balaban J connectivity index is 0.000000354. The molecular weight excluding hydrogens is 152 g/mol. The molecule has 1 aromatic carbocycles. The maximum absolute atomic E-state index is 8.74. The fourth-order valence-electron chi connectivity index (χ4n) is 0.536. The van der Waals surface area contributed by atoms with Crippen molar-refractivity contribution in [1.29, 1.82) is 10.5 Å². The second-order valence-electron chi connectivity index (χ2n) is 1.88. The first-order valence-electron chi connectivity index (χ1n) is 3.24. The number of aromatic hydroxyl groups is 1. The molecule has 0 atom stereocenters. The number of nitriles is 2. The van der Waals surface area contributed by atoms with Gasteiger partial charge in [-0.1, -0.05) is 0 Å². The summed E-state index contributed by atoms with van der Waals surface area (Å²) in [6.07, 6.45) is 0. The van der Waals surface area contributed by atoms with Crippen LogP contribution in [0.5, 0.6) is 5.75 Å². The van der Waals surface area contributed by atoms with E-state index in [4.69, 9.17) is 15.6 Å². The first kappa shape index (κ1) is 10.0. The minimum Gasteiger partial charge on any atom is -0.508 e. The van der Waals surface area contributed by atoms with Gasteiger partial charge in [-0.3, -0.25) is 0 Å². The number of phenols is 1. The van der Waals surface area contributed by atoms with Gasteiger partial charge in [-0.25, -0.2) is 0 Å². The zero-order valence-corrected chi connectivity index (χ0v) is 6.65. The van der Waals surface area contributed by atoms with Crippen molar-refractivity contribution in [2.75, 3.05) is 0 Å². The van der Waals surface area contributed by atoms with Crippen LogP contribution in [0.25, 0.3) is 0 Å². The molecule has 0 aromatic heterocycles. The third kappa shape index (κ3) is 3.92. The van der Waals surface area contributed by atoms with Crippen molar-refractivity contribution >= 4 is 0 Å². The Morgan fingerprint density at radius 1 is 1.17 bits per heavy atom. The summed E-state index contributed by atoms with van der Waals surface area (Å²) in [7, 11) is 0. The van der Waals surface area contributed by atoms with Gasteiger partial charge in [-0.15, -0.1) is 0 Å². The predicted molar refractivity (Wildman–Crippen MR) is 44.1 cm³/mol. The Hall–Kier alpha value is -2.00. The van der Waals surface area contributed by atoms with Gasteiger partial charge in [0, 0.05) is 6.92 Å². The first-order chi connectivity index (χ1) is 5.74. The van der Waals surface area contributed by atoms with E-state index in [0.29, 0.717) is 5.56 Å². The normalized spacial score (nSPS) is 6.92. The Bertz CT molecular complexity index is 303. The number of hydrogen-bond acceptors (Lipinski definition) is 3. The van der Waals surface area contributed by atoms with E-state index in [1.165, 1.54) is 19.1 Å². The molecule has 0 saturated heterocycles. The lowest BCUT2D eigenvalue weighted by Gasteiger charge is -1.87. The summed E-state index contributed by atoms with van der Waals surface area (Å²) in [5, 5.41) is 24.4. The highest BCUT2D eigenvalue weighted by molar-refractivity contribution is 5.33. The molecule has 0 aliphatic heterocycles. The van der Waals surface area contributed by atoms with E-state index in [1.807, 2.05) is 6.07 Å². The molecule has 1 rings (SSSR count). The molecule has 0 heterocycles. The molecule has 0 amide bonds. The molecule has 0 radical (unpaired) electrons. The summed E-state index contributed by atoms with van der Waals surface area (Å²) in [6, 6.07) is 9.79. The first-order valence-corrected chi connectivity index (χ1v) is 3.24. The molecule has 0 fully saturated rings. The summed E-state index contributed by atoms with van der Waals surface area (Å²) in [4.78, 5) is 0. The van der Waals surface area contributed by atoms with Crippen LogP contribution < -0.4 is 0 Å². The van der Waals surface area contributed by atoms with Crippen LogP contribution in [0.3, 0.4) is 0 Å². The fraction of sp³-hybridized carbons (Fsp3) is 0.111. The van der Waals surface area contributed by atoms with E-state index in [9.17, 15) is 0 Å². The molecule has 12 heavy (non-hydrogen) atoms. The molecular formula is C9H8N2O. The van der Waals surface area contributed by atoms with Crippen LogP contribution in [0, 0.1) is 22.7 Å². The molecule has 60 valence electrons. The van der Waals surface area contributed by atoms with Crippen LogP contribution in [-0.4, -0.2) is 5.11 Å². The Morgan fingerprint density at radius 2 is 1.58 bits per heavy atom. The van der Waals surface area contributed by atoms with E-state index < -0.39 is 0 Å². The van der Waals surface area contributed by atoms with Crippen molar-refractivity contribution in [2.24, 2.45) is 0 Å². The van der Waals surface area contributed by atoms with Crippen molar-refractivity contribution in [1.82, 2.24) is 0 Å². The molecule has 0 aliphatic rings. The quantitative estimate of drug-likeness (QED) is 0.629. The molecule has 0 aliphatic carbocycles. The molecule has 0 spiro atoms. The molecule has 0 saturated carbocycles. The van der Waals surface area contributed by atoms with E-state index >= 15 is 0 Å². The summed E-state index contributed by atoms with van der Waals surface area (Å²) >= 11 is 0. The lowest BCUT2D eigenvalue weighted by Crippen LogP contribution is -1.69. The van der Waals surface area contributed by atoms with Crippen LogP contribution in [-0.2, 0) is 0 Å². The number of rotatable bonds is 0. The van der Waals surface area contributed by atoms with E-state index in [1.54, 1.807) is 18.2 Å². The van der Waals surface area contributed by atoms with E-state index in [0.717, 1.165) is 0 Å². The zero-order valence-electron chi connectivity index (χ0n) is 6.65. The maximum Gasteiger partial charge on any atom is 0.115 e. The Kier molecular flexibility index (Phi) is 4.80. The topological polar surface area (TPSA) is 67.8 Å². The number of hydrogen-bond donors (Lipinski definition) is 1. The van der Waals surface area contributed by atoms with E-state index in [-0.39, 0.29) is 5.75 Å². The van der Waals surface area contributed by atoms with Gasteiger partial charge in [0.25, 0.3) is 0 Å². The lowest BCUT2D eigenvalue weighted by atomic mass is 10.2. The number of benzene rings is 1. The Morgan fingerprint density at radius 3 is 1.92 bits per heavy atom. The second kappa shape index (κ2) is 5.76. The largest absolute Gasteiger partial charge is 0.508 e. The average molecular weight is 160 g/mol. The van der Waals surface area contributed by atoms with Crippen LogP contribution in [0.4, 0.5) is 0 Å². The standard InChI is InChI=1S/C7H5NO.C2H3N/c8-5-6-1-3-7(9)4-2-6;1-2-3/h1-4,9H;1H3. The van der Waals surface area contributed by atoms with Crippen molar-refractivity contribution in [3.63, 3.8) is 0 Å². The monoisotopic (exact) mass is 160 g/mol. The van der Waals surface area contributed by atoms with Crippen LogP contribution >= 0.6 is 0 Å². The predicted octanol–water partition coefficient (Wildman–Crippen LogP) is 1.79. The molecule has 0 bridgehead atoms. The summed E-state index contributed by atoms with van der Waals surface area (Å²) in [6.45, 7) is 1.43. The van der Waals surface area contributed by atoms with Gasteiger partial charge in [0.15, 0.2) is 0 Å². The minimum absolute atomic E-state index is 0.189. The maximum atomic E-state index is 8.74. The second-order valence-corrected chi connectivity index (χ2v) is 1.88. The molecule has 1 aromatic rings. The summed E-state index contributed by atoms with van der Waals surface area (Å²) < 4.78 is 0. The van der Waals surface area contributed by atoms with Gasteiger partial charge < -0.3 is 5.11 Å². The Labute approximate surface area is 71.1 Å². The van der Waals surface area contributed by atoms with Gasteiger partial charge in [0.2, 0.25) is 0 Å². The highest BCUT2D eigenvalue weighted by Crippen LogP contribution is 2.07.